The fourth-order valence-electron chi connectivity index (χ4n) is 4.66. The van der Waals surface area contributed by atoms with Crippen LogP contribution in [0.3, 0.4) is 0 Å². The molecule has 1 aromatic carbocycles. The highest BCUT2D eigenvalue weighted by molar-refractivity contribution is 6.45. The summed E-state index contributed by atoms with van der Waals surface area (Å²) >= 11 is 0. The standard InChI is InChI=1S/C24H32N4O3/c29-22(27-15-6-7-16-27)18-28-17-20(19-9-2-3-10-21(19)28)23(30)24(31)25-11-8-14-26-12-4-1-5-13-26/h2-3,9-10,17H,1,4-8,11-16,18H2,(H,25,31). The number of rotatable bonds is 8. The molecular formula is C24H32N4O3. The van der Waals surface area contributed by atoms with Gasteiger partial charge < -0.3 is 19.7 Å². The van der Waals surface area contributed by atoms with Crippen LogP contribution < -0.4 is 5.32 Å². The normalized spacial score (nSPS) is 17.2. The van der Waals surface area contributed by atoms with Crippen LogP contribution in [0.15, 0.2) is 30.5 Å². The fraction of sp³-hybridized carbons (Fsp3) is 0.542. The molecule has 0 radical (unpaired) electrons. The summed E-state index contributed by atoms with van der Waals surface area (Å²) < 4.78 is 1.80. The molecule has 1 N–H and O–H groups in total. The van der Waals surface area contributed by atoms with Gasteiger partial charge in [-0.1, -0.05) is 24.6 Å². The first-order valence-corrected chi connectivity index (χ1v) is 11.5. The van der Waals surface area contributed by atoms with E-state index in [1.807, 2.05) is 29.2 Å². The number of piperidine rings is 1. The molecule has 4 rings (SSSR count). The van der Waals surface area contributed by atoms with Crippen molar-refractivity contribution in [1.82, 2.24) is 19.7 Å². The minimum atomic E-state index is -0.576. The molecule has 2 aromatic rings. The van der Waals surface area contributed by atoms with Gasteiger partial charge in [0.25, 0.3) is 11.7 Å². The molecule has 2 fully saturated rings. The number of para-hydroxylation sites is 1. The second kappa shape index (κ2) is 10.1. The van der Waals surface area contributed by atoms with Crippen LogP contribution in [0.25, 0.3) is 10.9 Å². The van der Waals surface area contributed by atoms with Gasteiger partial charge in [0.15, 0.2) is 0 Å². The minimum absolute atomic E-state index is 0.0550. The first-order chi connectivity index (χ1) is 15.1. The number of likely N-dealkylation sites (tertiary alicyclic amines) is 2. The molecule has 7 nitrogen and oxygen atoms in total. The molecule has 0 spiro atoms. The van der Waals surface area contributed by atoms with E-state index in [0.29, 0.717) is 17.5 Å². The summed E-state index contributed by atoms with van der Waals surface area (Å²) in [5, 5.41) is 3.49. The van der Waals surface area contributed by atoms with Crippen LogP contribution in [0.4, 0.5) is 0 Å². The van der Waals surface area contributed by atoms with E-state index in [2.05, 4.69) is 10.2 Å². The van der Waals surface area contributed by atoms with Crippen molar-refractivity contribution in [1.29, 1.82) is 0 Å². The molecule has 0 atom stereocenters. The number of carbonyl (C=O) groups excluding carboxylic acids is 3. The van der Waals surface area contributed by atoms with E-state index in [0.717, 1.165) is 57.5 Å². The number of fused-ring (bicyclic) bond motifs is 1. The van der Waals surface area contributed by atoms with Gasteiger partial charge in [-0.15, -0.1) is 0 Å². The summed E-state index contributed by atoms with van der Waals surface area (Å²) in [4.78, 5) is 42.3. The number of carbonyl (C=O) groups is 3. The number of aromatic nitrogens is 1. The average Bonchev–Trinajstić information content (AvgIpc) is 3.46. The van der Waals surface area contributed by atoms with Crippen LogP contribution in [-0.2, 0) is 16.1 Å². The first kappa shape index (κ1) is 21.6. The number of amides is 2. The minimum Gasteiger partial charge on any atom is -0.349 e. The van der Waals surface area contributed by atoms with E-state index in [1.54, 1.807) is 10.8 Å². The van der Waals surface area contributed by atoms with Crippen molar-refractivity contribution in [2.24, 2.45) is 0 Å². The van der Waals surface area contributed by atoms with Crippen molar-refractivity contribution in [2.45, 2.75) is 45.1 Å². The Balaban J connectivity index is 1.38. The van der Waals surface area contributed by atoms with Crippen molar-refractivity contribution in [3.05, 3.63) is 36.0 Å². The molecule has 0 unspecified atom stereocenters. The largest absolute Gasteiger partial charge is 0.349 e. The maximum absolute atomic E-state index is 12.9. The van der Waals surface area contributed by atoms with Crippen molar-refractivity contribution in [3.8, 4) is 0 Å². The Morgan fingerprint density at radius 3 is 2.39 bits per heavy atom. The summed E-state index contributed by atoms with van der Waals surface area (Å²) in [7, 11) is 0. The second-order valence-electron chi connectivity index (χ2n) is 8.62. The van der Waals surface area contributed by atoms with Crippen LogP contribution in [0.5, 0.6) is 0 Å². The van der Waals surface area contributed by atoms with Crippen LogP contribution in [0, 0.1) is 0 Å². The van der Waals surface area contributed by atoms with Crippen LogP contribution in [0.2, 0.25) is 0 Å². The van der Waals surface area contributed by atoms with E-state index < -0.39 is 11.7 Å². The smallest absolute Gasteiger partial charge is 0.292 e. The lowest BCUT2D eigenvalue weighted by atomic mass is 10.1. The molecule has 2 aliphatic rings. The molecule has 31 heavy (non-hydrogen) atoms. The average molecular weight is 425 g/mol. The number of hydrogen-bond acceptors (Lipinski definition) is 4. The van der Waals surface area contributed by atoms with Gasteiger partial charge in [-0.05, 0) is 57.8 Å². The van der Waals surface area contributed by atoms with Gasteiger partial charge in [-0.3, -0.25) is 14.4 Å². The van der Waals surface area contributed by atoms with Crippen LogP contribution in [0.1, 0.15) is 48.9 Å². The number of benzene rings is 1. The zero-order chi connectivity index (χ0) is 21.6. The van der Waals surface area contributed by atoms with Crippen molar-refractivity contribution in [2.75, 3.05) is 39.3 Å². The van der Waals surface area contributed by atoms with E-state index in [9.17, 15) is 14.4 Å². The maximum Gasteiger partial charge on any atom is 0.292 e. The third kappa shape index (κ3) is 5.15. The highest BCUT2D eigenvalue weighted by Crippen LogP contribution is 2.22. The Labute approximate surface area is 183 Å². The van der Waals surface area contributed by atoms with Gasteiger partial charge in [0.05, 0.1) is 5.56 Å². The molecule has 0 bridgehead atoms. The molecule has 2 amide bonds. The first-order valence-electron chi connectivity index (χ1n) is 11.5. The predicted octanol–water partition coefficient (Wildman–Crippen LogP) is 2.44. The number of hydrogen-bond donors (Lipinski definition) is 1. The molecule has 1 aromatic heterocycles. The third-order valence-corrected chi connectivity index (χ3v) is 6.39. The fourth-order valence-corrected chi connectivity index (χ4v) is 4.66. The van der Waals surface area contributed by atoms with Gasteiger partial charge in [0, 0.05) is 36.7 Å². The Hall–Kier alpha value is -2.67. The van der Waals surface area contributed by atoms with Gasteiger partial charge in [-0.2, -0.15) is 0 Å². The van der Waals surface area contributed by atoms with Crippen molar-refractivity contribution < 1.29 is 14.4 Å². The van der Waals surface area contributed by atoms with E-state index >= 15 is 0 Å². The number of Topliss-reactive ketones (excluding diaryl/α,β-unsaturated/α-hetero) is 1. The highest BCUT2D eigenvalue weighted by Gasteiger charge is 2.24. The number of ketones is 1. The Kier molecular flexibility index (Phi) is 7.02. The monoisotopic (exact) mass is 424 g/mol. The Morgan fingerprint density at radius 1 is 0.903 bits per heavy atom. The van der Waals surface area contributed by atoms with Gasteiger partial charge in [0.1, 0.15) is 6.54 Å². The summed E-state index contributed by atoms with van der Waals surface area (Å²) in [6, 6.07) is 7.46. The highest BCUT2D eigenvalue weighted by atomic mass is 16.2. The summed E-state index contributed by atoms with van der Waals surface area (Å²) in [6.45, 7) is 5.48. The number of nitrogens with zero attached hydrogens (tertiary/aromatic N) is 3. The second-order valence-corrected chi connectivity index (χ2v) is 8.62. The zero-order valence-corrected chi connectivity index (χ0v) is 18.1. The zero-order valence-electron chi connectivity index (χ0n) is 18.1. The van der Waals surface area contributed by atoms with E-state index in [1.165, 1.54) is 19.3 Å². The SMILES string of the molecule is O=C(NCCCN1CCCCC1)C(=O)c1cn(CC(=O)N2CCCC2)c2ccccc12. The van der Waals surface area contributed by atoms with Gasteiger partial charge in [0.2, 0.25) is 5.91 Å². The Morgan fingerprint density at radius 2 is 1.61 bits per heavy atom. The maximum atomic E-state index is 12.9. The van der Waals surface area contributed by atoms with Gasteiger partial charge >= 0.3 is 0 Å². The summed E-state index contributed by atoms with van der Waals surface area (Å²) in [5.74, 6) is -1.06. The lowest BCUT2D eigenvalue weighted by Crippen LogP contribution is -2.35. The topological polar surface area (TPSA) is 74.6 Å². The molecular weight excluding hydrogens is 392 g/mol. The van der Waals surface area contributed by atoms with Crippen molar-refractivity contribution in [3.63, 3.8) is 0 Å². The van der Waals surface area contributed by atoms with Crippen LogP contribution in [-0.4, -0.2) is 71.2 Å². The van der Waals surface area contributed by atoms with E-state index in [4.69, 9.17) is 0 Å². The summed E-state index contributed by atoms with van der Waals surface area (Å²) in [6.07, 6.45) is 8.38. The molecule has 2 aliphatic heterocycles. The van der Waals surface area contributed by atoms with E-state index in [-0.39, 0.29) is 12.5 Å². The number of nitrogens with one attached hydrogen (secondary N) is 1. The molecule has 0 aliphatic carbocycles. The molecule has 0 saturated carbocycles. The van der Waals surface area contributed by atoms with Crippen LogP contribution >= 0.6 is 0 Å². The lowest BCUT2D eigenvalue weighted by Gasteiger charge is -2.26. The molecule has 166 valence electrons. The van der Waals surface area contributed by atoms with Crippen molar-refractivity contribution >= 4 is 28.5 Å². The summed E-state index contributed by atoms with van der Waals surface area (Å²) in [5.41, 5.74) is 1.16. The predicted molar refractivity (Wildman–Crippen MR) is 120 cm³/mol. The molecule has 7 heteroatoms. The van der Waals surface area contributed by atoms with Gasteiger partial charge in [-0.25, -0.2) is 0 Å². The quantitative estimate of drug-likeness (QED) is 0.401. The third-order valence-electron chi connectivity index (χ3n) is 6.39. The molecule has 3 heterocycles. The lowest BCUT2D eigenvalue weighted by molar-refractivity contribution is -0.130. The molecule has 2 saturated heterocycles. The Bertz CT molecular complexity index is 939.